The molecule has 1 atom stereocenters. The Morgan fingerprint density at radius 2 is 2.55 bits per heavy atom. The number of nitrogens with one attached hydrogen (secondary N) is 1. The largest absolute Gasteiger partial charge is 0.310 e. The fourth-order valence-corrected chi connectivity index (χ4v) is 1.63. The number of fused-ring (bicyclic) bond motifs is 1. The Hall–Kier alpha value is -0.830. The van der Waals surface area contributed by atoms with E-state index in [0.29, 0.717) is 6.04 Å². The molecule has 1 aliphatic heterocycles. The summed E-state index contributed by atoms with van der Waals surface area (Å²) in [5.74, 6) is 0. The first kappa shape index (κ1) is 6.85. The van der Waals surface area contributed by atoms with Crippen molar-refractivity contribution in [2.75, 3.05) is 6.54 Å². The highest BCUT2D eigenvalue weighted by molar-refractivity contribution is 5.23. The molecule has 0 aromatic carbocycles. The van der Waals surface area contributed by atoms with E-state index in [0.717, 1.165) is 13.0 Å². The summed E-state index contributed by atoms with van der Waals surface area (Å²) in [7, 11) is 1.98. The minimum atomic E-state index is 0.479. The topological polar surface area (TPSA) is 29.9 Å². The highest BCUT2D eigenvalue weighted by atomic mass is 15.3. The maximum atomic E-state index is 4.38. The second-order valence-corrected chi connectivity index (χ2v) is 3.13. The van der Waals surface area contributed by atoms with Gasteiger partial charge in [-0.15, -0.1) is 0 Å². The number of hydrogen-bond acceptors (Lipinski definition) is 2. The van der Waals surface area contributed by atoms with Crippen LogP contribution in [0.25, 0.3) is 0 Å². The molecule has 1 aromatic rings. The van der Waals surface area contributed by atoms with Crippen LogP contribution in [0.1, 0.15) is 24.2 Å². The minimum Gasteiger partial charge on any atom is -0.310 e. The van der Waals surface area contributed by atoms with Crippen LogP contribution in [0.15, 0.2) is 6.20 Å². The molecular weight excluding hydrogens is 138 g/mol. The molecule has 1 aliphatic rings. The first-order chi connectivity index (χ1) is 5.27. The Morgan fingerprint density at radius 3 is 3.27 bits per heavy atom. The van der Waals surface area contributed by atoms with Gasteiger partial charge >= 0.3 is 0 Å². The Labute approximate surface area is 66.4 Å². The van der Waals surface area contributed by atoms with E-state index in [2.05, 4.69) is 23.5 Å². The first-order valence-corrected chi connectivity index (χ1v) is 4.03. The predicted octanol–water partition coefficient (Wildman–Crippen LogP) is 0.627. The Balaban J connectivity index is 2.43. The van der Waals surface area contributed by atoms with Crippen molar-refractivity contribution in [3.8, 4) is 0 Å². The molecular formula is C8H13N3. The van der Waals surface area contributed by atoms with Crippen molar-refractivity contribution in [1.82, 2.24) is 15.1 Å². The van der Waals surface area contributed by atoms with Crippen molar-refractivity contribution in [3.05, 3.63) is 17.5 Å². The van der Waals surface area contributed by atoms with E-state index in [-0.39, 0.29) is 0 Å². The average Bonchev–Trinajstić information content (AvgIpc) is 2.31. The van der Waals surface area contributed by atoms with Crippen molar-refractivity contribution in [2.45, 2.75) is 19.4 Å². The maximum Gasteiger partial charge on any atom is 0.0684 e. The van der Waals surface area contributed by atoms with E-state index in [4.69, 9.17) is 0 Å². The summed E-state index contributed by atoms with van der Waals surface area (Å²) in [6.07, 6.45) is 3.17. The molecule has 1 aromatic heterocycles. The third-order valence-electron chi connectivity index (χ3n) is 2.22. The molecule has 11 heavy (non-hydrogen) atoms. The van der Waals surface area contributed by atoms with Crippen molar-refractivity contribution in [1.29, 1.82) is 0 Å². The monoisotopic (exact) mass is 151 g/mol. The van der Waals surface area contributed by atoms with Crippen molar-refractivity contribution in [2.24, 2.45) is 7.05 Å². The number of aryl methyl sites for hydroxylation is 1. The number of nitrogens with zero attached hydrogens (tertiary/aromatic N) is 2. The van der Waals surface area contributed by atoms with Crippen LogP contribution in [0.4, 0.5) is 0 Å². The van der Waals surface area contributed by atoms with Gasteiger partial charge in [-0.3, -0.25) is 4.68 Å². The van der Waals surface area contributed by atoms with E-state index < -0.39 is 0 Å². The molecule has 0 unspecified atom stereocenters. The first-order valence-electron chi connectivity index (χ1n) is 4.03. The van der Waals surface area contributed by atoms with E-state index >= 15 is 0 Å². The fourth-order valence-electron chi connectivity index (χ4n) is 1.63. The van der Waals surface area contributed by atoms with Crippen LogP contribution in [-0.4, -0.2) is 16.3 Å². The smallest absolute Gasteiger partial charge is 0.0684 e. The van der Waals surface area contributed by atoms with Crippen molar-refractivity contribution in [3.63, 3.8) is 0 Å². The fraction of sp³-hybridized carbons (Fsp3) is 0.625. The van der Waals surface area contributed by atoms with Gasteiger partial charge in [0.1, 0.15) is 0 Å². The Morgan fingerprint density at radius 1 is 1.73 bits per heavy atom. The summed E-state index contributed by atoms with van der Waals surface area (Å²) in [6.45, 7) is 3.24. The van der Waals surface area contributed by atoms with Gasteiger partial charge in [0.2, 0.25) is 0 Å². The Kier molecular flexibility index (Phi) is 1.46. The summed E-state index contributed by atoms with van der Waals surface area (Å²) in [5.41, 5.74) is 2.62. The molecule has 2 heterocycles. The van der Waals surface area contributed by atoms with Crippen molar-refractivity contribution < 1.29 is 0 Å². The lowest BCUT2D eigenvalue weighted by Crippen LogP contribution is -2.26. The SMILES string of the molecule is C[C@H]1NCCc2nn(C)cc21. The molecule has 0 spiro atoms. The molecule has 0 radical (unpaired) electrons. The van der Waals surface area contributed by atoms with Gasteiger partial charge in [0.05, 0.1) is 5.69 Å². The van der Waals surface area contributed by atoms with E-state index in [1.54, 1.807) is 0 Å². The van der Waals surface area contributed by atoms with Crippen LogP contribution in [0, 0.1) is 0 Å². The summed E-state index contributed by atoms with van der Waals surface area (Å²) < 4.78 is 1.90. The van der Waals surface area contributed by atoms with Crippen LogP contribution in [-0.2, 0) is 13.5 Å². The zero-order chi connectivity index (χ0) is 7.84. The number of aromatic nitrogens is 2. The summed E-state index contributed by atoms with van der Waals surface area (Å²) >= 11 is 0. The van der Waals surface area contributed by atoms with Gasteiger partial charge < -0.3 is 5.32 Å². The second-order valence-electron chi connectivity index (χ2n) is 3.13. The van der Waals surface area contributed by atoms with E-state index in [1.165, 1.54) is 11.3 Å². The van der Waals surface area contributed by atoms with Crippen LogP contribution in [0.2, 0.25) is 0 Å². The average molecular weight is 151 g/mol. The molecule has 3 heteroatoms. The molecule has 0 fully saturated rings. The minimum absolute atomic E-state index is 0.479. The third kappa shape index (κ3) is 1.05. The number of hydrogen-bond donors (Lipinski definition) is 1. The maximum absolute atomic E-state index is 4.38. The molecule has 1 N–H and O–H groups in total. The van der Waals surface area contributed by atoms with Crippen molar-refractivity contribution >= 4 is 0 Å². The molecule has 3 nitrogen and oxygen atoms in total. The molecule has 0 saturated heterocycles. The summed E-state index contributed by atoms with van der Waals surface area (Å²) in [4.78, 5) is 0. The van der Waals surface area contributed by atoms with E-state index in [9.17, 15) is 0 Å². The lowest BCUT2D eigenvalue weighted by atomic mass is 10.0. The molecule has 0 saturated carbocycles. The third-order valence-corrected chi connectivity index (χ3v) is 2.22. The molecule has 0 bridgehead atoms. The highest BCUT2D eigenvalue weighted by Gasteiger charge is 2.17. The van der Waals surface area contributed by atoms with Gasteiger partial charge in [-0.05, 0) is 6.92 Å². The zero-order valence-corrected chi connectivity index (χ0v) is 6.96. The highest BCUT2D eigenvalue weighted by Crippen LogP contribution is 2.19. The normalized spacial score (nSPS) is 23.3. The van der Waals surface area contributed by atoms with Gasteiger partial charge in [-0.25, -0.2) is 0 Å². The summed E-state index contributed by atoms with van der Waals surface area (Å²) in [6, 6.07) is 0.479. The summed E-state index contributed by atoms with van der Waals surface area (Å²) in [5, 5.41) is 7.78. The van der Waals surface area contributed by atoms with Crippen LogP contribution in [0.5, 0.6) is 0 Å². The van der Waals surface area contributed by atoms with E-state index in [1.807, 2.05) is 11.7 Å². The lowest BCUT2D eigenvalue weighted by molar-refractivity contribution is 0.537. The number of rotatable bonds is 0. The molecule has 60 valence electrons. The van der Waals surface area contributed by atoms with Gasteiger partial charge in [-0.2, -0.15) is 5.10 Å². The van der Waals surface area contributed by atoms with Gasteiger partial charge in [0.15, 0.2) is 0 Å². The molecule has 2 rings (SSSR count). The molecule has 0 amide bonds. The van der Waals surface area contributed by atoms with Gasteiger partial charge in [0, 0.05) is 37.8 Å². The van der Waals surface area contributed by atoms with Gasteiger partial charge in [-0.1, -0.05) is 0 Å². The predicted molar refractivity (Wildman–Crippen MR) is 43.3 cm³/mol. The molecule has 0 aliphatic carbocycles. The quantitative estimate of drug-likeness (QED) is 0.589. The van der Waals surface area contributed by atoms with Crippen LogP contribution < -0.4 is 5.32 Å². The lowest BCUT2D eigenvalue weighted by Gasteiger charge is -2.18. The zero-order valence-electron chi connectivity index (χ0n) is 6.96. The van der Waals surface area contributed by atoms with Gasteiger partial charge in [0.25, 0.3) is 0 Å². The second kappa shape index (κ2) is 2.34. The van der Waals surface area contributed by atoms with Crippen LogP contribution >= 0.6 is 0 Å². The standard InChI is InChI=1S/C8H13N3/c1-6-7-5-11(2)10-8(7)3-4-9-6/h5-6,9H,3-4H2,1-2H3/t6-/m1/s1. The van der Waals surface area contributed by atoms with Crippen LogP contribution in [0.3, 0.4) is 0 Å². The Bertz CT molecular complexity index is 264.